The van der Waals surface area contributed by atoms with E-state index in [0.717, 1.165) is 5.56 Å². The Labute approximate surface area is 204 Å². The van der Waals surface area contributed by atoms with Crippen molar-refractivity contribution in [3.8, 4) is 0 Å². The number of carbonyl (C=O) groups is 1. The lowest BCUT2D eigenvalue weighted by atomic mass is 9.99. The molecule has 4 N–H and O–H groups in total. The molecule has 0 saturated carbocycles. The van der Waals surface area contributed by atoms with E-state index in [9.17, 15) is 13.2 Å². The van der Waals surface area contributed by atoms with Crippen molar-refractivity contribution < 1.29 is 13.2 Å². The third-order valence-electron chi connectivity index (χ3n) is 6.02. The second kappa shape index (κ2) is 9.40. The van der Waals surface area contributed by atoms with Crippen LogP contribution in [-0.2, 0) is 21.4 Å². The van der Waals surface area contributed by atoms with Crippen molar-refractivity contribution in [2.24, 2.45) is 11.7 Å². The van der Waals surface area contributed by atoms with Crippen LogP contribution in [0.2, 0.25) is 5.02 Å². The van der Waals surface area contributed by atoms with Crippen LogP contribution in [0.15, 0.2) is 53.6 Å². The first-order valence-electron chi connectivity index (χ1n) is 11.1. The molecule has 4 rings (SSSR count). The van der Waals surface area contributed by atoms with Crippen LogP contribution in [0.25, 0.3) is 10.9 Å². The average Bonchev–Trinajstić information content (AvgIpc) is 3.20. The molecule has 0 spiro atoms. The van der Waals surface area contributed by atoms with Gasteiger partial charge in [0.2, 0.25) is 5.91 Å². The van der Waals surface area contributed by atoms with Crippen molar-refractivity contribution in [2.75, 3.05) is 13.1 Å². The Morgan fingerprint density at radius 3 is 2.56 bits per heavy atom. The topological polar surface area (TPSA) is 123 Å². The Morgan fingerprint density at radius 1 is 1.21 bits per heavy atom. The van der Waals surface area contributed by atoms with Gasteiger partial charge in [-0.2, -0.15) is 4.31 Å². The van der Waals surface area contributed by atoms with Gasteiger partial charge in [0.1, 0.15) is 10.9 Å². The fourth-order valence-corrected chi connectivity index (χ4v) is 5.95. The maximum absolute atomic E-state index is 13.4. The standard InChI is InChI=1S/C24H28ClN5O3S/c1-15(2)9-20-13-29(34(32,33)22-11-18-10-19(25)7-8-21(18)28-22)14-23(31)30(20)12-16-3-5-17(6-4-16)24(26)27/h3-8,10-11,15,20,28H,9,12-14H2,1-2H3,(H3,26,27)/t20-/m0/s1. The number of halogens is 1. The SMILES string of the molecule is CC(C)C[C@H]1CN(S(=O)(=O)c2cc3cc(Cl)ccc3[nH]2)CC(=O)N1Cc1ccc(C(=N)N)cc1. The predicted molar refractivity (Wildman–Crippen MR) is 133 cm³/mol. The first kappa shape index (κ1) is 24.3. The summed E-state index contributed by atoms with van der Waals surface area (Å²) in [6.07, 6.45) is 0.672. The molecule has 1 saturated heterocycles. The highest BCUT2D eigenvalue weighted by Crippen LogP contribution is 2.28. The lowest BCUT2D eigenvalue weighted by molar-refractivity contribution is -0.138. The molecular formula is C24H28ClN5O3S. The number of aromatic amines is 1. The smallest absolute Gasteiger partial charge is 0.259 e. The number of aromatic nitrogens is 1. The molecule has 34 heavy (non-hydrogen) atoms. The van der Waals surface area contributed by atoms with Crippen molar-refractivity contribution in [1.82, 2.24) is 14.2 Å². The molecule has 0 radical (unpaired) electrons. The summed E-state index contributed by atoms with van der Waals surface area (Å²) in [5, 5.41) is 8.81. The first-order chi connectivity index (χ1) is 16.0. The lowest BCUT2D eigenvalue weighted by Gasteiger charge is -2.41. The van der Waals surface area contributed by atoms with Crippen molar-refractivity contribution in [3.63, 3.8) is 0 Å². The van der Waals surface area contributed by atoms with E-state index in [1.165, 1.54) is 4.31 Å². The number of H-pyrrole nitrogens is 1. The van der Waals surface area contributed by atoms with Gasteiger partial charge in [-0.1, -0.05) is 49.7 Å². The molecule has 0 aliphatic carbocycles. The number of nitrogen functional groups attached to an aromatic ring is 1. The van der Waals surface area contributed by atoms with E-state index in [-0.39, 0.29) is 41.8 Å². The maximum Gasteiger partial charge on any atom is 0.259 e. The molecular weight excluding hydrogens is 474 g/mol. The van der Waals surface area contributed by atoms with E-state index in [2.05, 4.69) is 18.8 Å². The minimum Gasteiger partial charge on any atom is -0.384 e. The van der Waals surface area contributed by atoms with Gasteiger partial charge in [0.05, 0.1) is 6.54 Å². The number of fused-ring (bicyclic) bond motifs is 1. The van der Waals surface area contributed by atoms with Gasteiger partial charge in [0.15, 0.2) is 0 Å². The Kier molecular flexibility index (Phi) is 6.71. The molecule has 8 nitrogen and oxygen atoms in total. The molecule has 1 aliphatic rings. The van der Waals surface area contributed by atoms with Crippen LogP contribution in [0.4, 0.5) is 0 Å². The molecule has 3 aromatic rings. The number of hydrogen-bond acceptors (Lipinski definition) is 4. The average molecular weight is 502 g/mol. The molecule has 0 unspecified atom stereocenters. The second-order valence-electron chi connectivity index (χ2n) is 9.08. The summed E-state index contributed by atoms with van der Waals surface area (Å²) in [6, 6.07) is 13.6. The monoisotopic (exact) mass is 501 g/mol. The molecule has 1 aliphatic heterocycles. The molecule has 180 valence electrons. The number of amides is 1. The number of carbonyl (C=O) groups excluding carboxylic acids is 1. The zero-order chi connectivity index (χ0) is 24.6. The third kappa shape index (κ3) is 4.96. The van der Waals surface area contributed by atoms with Crippen LogP contribution in [0.1, 0.15) is 31.4 Å². The minimum absolute atomic E-state index is 0.0154. The number of rotatable bonds is 7. The number of nitrogens with zero attached hydrogens (tertiary/aromatic N) is 2. The number of piperazine rings is 1. The fraction of sp³-hybridized carbons (Fsp3) is 0.333. The van der Waals surface area contributed by atoms with Gasteiger partial charge in [-0.05, 0) is 42.2 Å². The van der Waals surface area contributed by atoms with Crippen molar-refractivity contribution in [3.05, 3.63) is 64.7 Å². The van der Waals surface area contributed by atoms with Crippen LogP contribution in [-0.4, -0.2) is 53.5 Å². The minimum atomic E-state index is -3.90. The van der Waals surface area contributed by atoms with Gasteiger partial charge in [-0.25, -0.2) is 8.42 Å². The highest BCUT2D eigenvalue weighted by atomic mass is 35.5. The number of nitrogens with one attached hydrogen (secondary N) is 2. The summed E-state index contributed by atoms with van der Waals surface area (Å²) < 4.78 is 28.2. The Bertz CT molecular complexity index is 1330. The van der Waals surface area contributed by atoms with E-state index < -0.39 is 10.0 Å². The highest BCUT2D eigenvalue weighted by Gasteiger charge is 2.39. The van der Waals surface area contributed by atoms with Crippen LogP contribution in [0.3, 0.4) is 0 Å². The largest absolute Gasteiger partial charge is 0.384 e. The first-order valence-corrected chi connectivity index (χ1v) is 12.9. The quantitative estimate of drug-likeness (QED) is 0.338. The number of benzene rings is 2. The summed E-state index contributed by atoms with van der Waals surface area (Å²) in [6.45, 7) is 4.47. The summed E-state index contributed by atoms with van der Waals surface area (Å²) >= 11 is 6.04. The molecule has 0 bridgehead atoms. The predicted octanol–water partition coefficient (Wildman–Crippen LogP) is 3.55. The third-order valence-corrected chi connectivity index (χ3v) is 7.99. The van der Waals surface area contributed by atoms with Crippen molar-refractivity contribution >= 4 is 44.3 Å². The van der Waals surface area contributed by atoms with E-state index in [0.29, 0.717) is 34.5 Å². The van der Waals surface area contributed by atoms with E-state index >= 15 is 0 Å². The normalized spacial score (nSPS) is 17.6. The van der Waals surface area contributed by atoms with E-state index in [4.69, 9.17) is 22.7 Å². The summed E-state index contributed by atoms with van der Waals surface area (Å²) in [5.74, 6) is 0.0203. The second-order valence-corrected chi connectivity index (χ2v) is 11.4. The summed E-state index contributed by atoms with van der Waals surface area (Å²) in [4.78, 5) is 17.9. The highest BCUT2D eigenvalue weighted by molar-refractivity contribution is 7.89. The van der Waals surface area contributed by atoms with Gasteiger partial charge in [0.25, 0.3) is 10.0 Å². The Hall–Kier alpha value is -2.88. The zero-order valence-corrected chi connectivity index (χ0v) is 20.7. The van der Waals surface area contributed by atoms with Gasteiger partial charge >= 0.3 is 0 Å². The van der Waals surface area contributed by atoms with Gasteiger partial charge < -0.3 is 15.6 Å². The van der Waals surface area contributed by atoms with Crippen LogP contribution in [0.5, 0.6) is 0 Å². The zero-order valence-electron chi connectivity index (χ0n) is 19.1. The summed E-state index contributed by atoms with van der Waals surface area (Å²) in [5.41, 5.74) is 7.71. The Morgan fingerprint density at radius 2 is 1.91 bits per heavy atom. The number of hydrogen-bond donors (Lipinski definition) is 3. The van der Waals surface area contributed by atoms with Gasteiger partial charge in [-0.15, -0.1) is 0 Å². The Balaban J connectivity index is 1.59. The van der Waals surface area contributed by atoms with Crippen molar-refractivity contribution in [1.29, 1.82) is 5.41 Å². The lowest BCUT2D eigenvalue weighted by Crippen LogP contribution is -2.57. The van der Waals surface area contributed by atoms with E-state index in [1.807, 2.05) is 12.1 Å². The number of amidine groups is 1. The van der Waals surface area contributed by atoms with Crippen LogP contribution < -0.4 is 5.73 Å². The molecule has 1 amide bonds. The van der Waals surface area contributed by atoms with Crippen LogP contribution in [0, 0.1) is 11.3 Å². The van der Waals surface area contributed by atoms with Crippen molar-refractivity contribution in [2.45, 2.75) is 37.9 Å². The molecule has 1 fully saturated rings. The summed E-state index contributed by atoms with van der Waals surface area (Å²) in [7, 11) is -3.90. The number of nitrogens with two attached hydrogens (primary N) is 1. The maximum atomic E-state index is 13.4. The molecule has 2 heterocycles. The van der Waals surface area contributed by atoms with Crippen LogP contribution >= 0.6 is 11.6 Å². The molecule has 10 heteroatoms. The van der Waals surface area contributed by atoms with Gasteiger partial charge in [-0.3, -0.25) is 10.2 Å². The van der Waals surface area contributed by atoms with E-state index in [1.54, 1.807) is 41.3 Å². The molecule has 2 aromatic carbocycles. The number of sulfonamides is 1. The molecule has 1 aromatic heterocycles. The fourth-order valence-electron chi connectivity index (χ4n) is 4.33. The van der Waals surface area contributed by atoms with Gasteiger partial charge in [0, 0.05) is 40.6 Å². The molecule has 1 atom stereocenters.